The average Bonchev–Trinajstić information content (AvgIpc) is 3.16. The van der Waals surface area contributed by atoms with Crippen molar-refractivity contribution in [1.82, 2.24) is 19.2 Å². The summed E-state index contributed by atoms with van der Waals surface area (Å²) in [6.45, 7) is 5.45. The first-order chi connectivity index (χ1) is 11.0. The van der Waals surface area contributed by atoms with Crippen LogP contribution in [0.25, 0.3) is 0 Å². The number of rotatable bonds is 3. The Morgan fingerprint density at radius 3 is 2.30 bits per heavy atom. The van der Waals surface area contributed by atoms with E-state index in [4.69, 9.17) is 0 Å². The smallest absolute Gasteiger partial charge is 0.342 e. The second kappa shape index (κ2) is 6.49. The minimum absolute atomic E-state index is 0.0209. The van der Waals surface area contributed by atoms with Crippen LogP contribution >= 0.6 is 0 Å². The minimum Gasteiger partial charge on any atom is -0.342 e. The summed E-state index contributed by atoms with van der Waals surface area (Å²) in [6.07, 6.45) is 6.38. The molecule has 0 N–H and O–H groups in total. The molecule has 0 aromatic carbocycles. The van der Waals surface area contributed by atoms with Crippen LogP contribution in [0.2, 0.25) is 0 Å². The summed E-state index contributed by atoms with van der Waals surface area (Å²) in [4.78, 5) is 26.6. The lowest BCUT2D eigenvalue weighted by Crippen LogP contribution is -2.40. The highest BCUT2D eigenvalue weighted by molar-refractivity contribution is 5.78. The van der Waals surface area contributed by atoms with Crippen LogP contribution < -0.4 is 5.69 Å². The number of piperidine rings is 1. The van der Waals surface area contributed by atoms with E-state index in [0.29, 0.717) is 12.0 Å². The first-order valence-corrected chi connectivity index (χ1v) is 8.93. The van der Waals surface area contributed by atoms with Crippen LogP contribution in [0.3, 0.4) is 0 Å². The number of carbonyl (C=O) groups excluding carboxylic acids is 1. The zero-order valence-electron chi connectivity index (χ0n) is 14.5. The average molecular weight is 320 g/mol. The number of amides is 1. The molecule has 0 radical (unpaired) electrons. The van der Waals surface area contributed by atoms with Crippen molar-refractivity contribution in [3.8, 4) is 0 Å². The molecule has 128 valence electrons. The molecule has 2 fully saturated rings. The molecule has 1 saturated carbocycles. The molecule has 2 heterocycles. The summed E-state index contributed by atoms with van der Waals surface area (Å²) >= 11 is 0. The van der Waals surface area contributed by atoms with Gasteiger partial charge in [-0.05, 0) is 25.7 Å². The first kappa shape index (κ1) is 16.3. The predicted octanol–water partition coefficient (Wildman–Crippen LogP) is 2.06. The largest absolute Gasteiger partial charge is 0.345 e. The van der Waals surface area contributed by atoms with Crippen LogP contribution in [0.15, 0.2) is 4.79 Å². The molecule has 3 rings (SSSR count). The maximum absolute atomic E-state index is 12.5. The number of nitrogens with zero attached hydrogens (tertiary/aromatic N) is 4. The van der Waals surface area contributed by atoms with Gasteiger partial charge in [0.05, 0.1) is 0 Å². The first-order valence-electron chi connectivity index (χ1n) is 8.93. The lowest BCUT2D eigenvalue weighted by Gasteiger charge is -2.33. The van der Waals surface area contributed by atoms with Gasteiger partial charge < -0.3 is 4.90 Å². The third-order valence-corrected chi connectivity index (χ3v) is 5.34. The molecule has 1 amide bonds. The summed E-state index contributed by atoms with van der Waals surface area (Å²) in [6, 6.07) is 0.321. The Bertz CT molecular complexity index is 617. The molecular weight excluding hydrogens is 292 g/mol. The van der Waals surface area contributed by atoms with Gasteiger partial charge in [0.15, 0.2) is 0 Å². The van der Waals surface area contributed by atoms with E-state index in [0.717, 1.165) is 44.6 Å². The van der Waals surface area contributed by atoms with Crippen LogP contribution in [0, 0.1) is 5.92 Å². The van der Waals surface area contributed by atoms with Gasteiger partial charge in [-0.15, -0.1) is 0 Å². The van der Waals surface area contributed by atoms with Crippen molar-refractivity contribution in [3.63, 3.8) is 0 Å². The standard InChI is InChI=1S/C17H28N4O2/c1-12(2)16(22)20-10-8-13(9-11-20)15-18-19(3)17(23)21(15)14-6-4-5-7-14/h12-14H,4-11H2,1-3H3. The Labute approximate surface area is 137 Å². The van der Waals surface area contributed by atoms with Gasteiger partial charge in [0.2, 0.25) is 5.91 Å². The van der Waals surface area contributed by atoms with Crippen LogP contribution in [-0.2, 0) is 11.8 Å². The van der Waals surface area contributed by atoms with Crippen LogP contribution in [0.4, 0.5) is 0 Å². The minimum atomic E-state index is 0.0209. The van der Waals surface area contributed by atoms with Crippen LogP contribution in [-0.4, -0.2) is 38.2 Å². The Kier molecular flexibility index (Phi) is 4.60. The number of aryl methyl sites for hydroxylation is 1. The molecule has 1 aliphatic heterocycles. The molecule has 6 nitrogen and oxygen atoms in total. The number of hydrogen-bond acceptors (Lipinski definition) is 3. The van der Waals surface area contributed by atoms with Gasteiger partial charge in [-0.25, -0.2) is 9.48 Å². The molecule has 0 bridgehead atoms. The molecule has 2 aliphatic rings. The van der Waals surface area contributed by atoms with Crippen molar-refractivity contribution in [2.45, 2.75) is 64.3 Å². The zero-order valence-corrected chi connectivity index (χ0v) is 14.5. The Hall–Kier alpha value is -1.59. The molecule has 6 heteroatoms. The number of hydrogen-bond donors (Lipinski definition) is 0. The van der Waals surface area contributed by atoms with Gasteiger partial charge in [-0.1, -0.05) is 26.7 Å². The molecule has 1 saturated heterocycles. The van der Waals surface area contributed by atoms with Crippen molar-refractivity contribution in [1.29, 1.82) is 0 Å². The highest BCUT2D eigenvalue weighted by atomic mass is 16.2. The SMILES string of the molecule is CC(C)C(=O)N1CCC(c2nn(C)c(=O)n2C2CCCC2)CC1. The van der Waals surface area contributed by atoms with E-state index >= 15 is 0 Å². The summed E-state index contributed by atoms with van der Waals surface area (Å²) in [5.41, 5.74) is 0.0209. The third-order valence-electron chi connectivity index (χ3n) is 5.34. The van der Waals surface area contributed by atoms with Gasteiger partial charge in [0.1, 0.15) is 5.82 Å². The van der Waals surface area contributed by atoms with Crippen molar-refractivity contribution in [2.24, 2.45) is 13.0 Å². The van der Waals surface area contributed by atoms with Crippen LogP contribution in [0.1, 0.15) is 70.2 Å². The fourth-order valence-corrected chi connectivity index (χ4v) is 4.01. The van der Waals surface area contributed by atoms with E-state index in [1.807, 2.05) is 23.3 Å². The third kappa shape index (κ3) is 3.08. The van der Waals surface area contributed by atoms with Gasteiger partial charge >= 0.3 is 5.69 Å². The van der Waals surface area contributed by atoms with E-state index in [1.165, 1.54) is 17.5 Å². The topological polar surface area (TPSA) is 60.1 Å². The number of aromatic nitrogens is 3. The van der Waals surface area contributed by atoms with E-state index < -0.39 is 0 Å². The highest BCUT2D eigenvalue weighted by Crippen LogP contribution is 2.33. The van der Waals surface area contributed by atoms with E-state index in [1.54, 1.807) is 7.05 Å². The van der Waals surface area contributed by atoms with Crippen molar-refractivity contribution < 1.29 is 4.79 Å². The maximum Gasteiger partial charge on any atom is 0.345 e. The molecule has 1 aliphatic carbocycles. The Balaban J connectivity index is 1.77. The second-order valence-electron chi connectivity index (χ2n) is 7.33. The fraction of sp³-hybridized carbons (Fsp3) is 0.824. The normalized spacial score (nSPS) is 20.6. The van der Waals surface area contributed by atoms with Crippen molar-refractivity contribution >= 4 is 5.91 Å². The summed E-state index contributed by atoms with van der Waals surface area (Å²) in [7, 11) is 1.74. The predicted molar refractivity (Wildman–Crippen MR) is 88.4 cm³/mol. The highest BCUT2D eigenvalue weighted by Gasteiger charge is 2.31. The number of carbonyl (C=O) groups is 1. The van der Waals surface area contributed by atoms with Gasteiger partial charge in [-0.2, -0.15) is 5.10 Å². The van der Waals surface area contributed by atoms with Gasteiger partial charge in [0, 0.05) is 38.0 Å². The van der Waals surface area contributed by atoms with E-state index in [2.05, 4.69) is 5.10 Å². The molecule has 23 heavy (non-hydrogen) atoms. The molecule has 0 atom stereocenters. The monoisotopic (exact) mass is 320 g/mol. The van der Waals surface area contributed by atoms with Gasteiger partial charge in [0.25, 0.3) is 0 Å². The lowest BCUT2D eigenvalue weighted by molar-refractivity contribution is -0.135. The van der Waals surface area contributed by atoms with E-state index in [-0.39, 0.29) is 17.5 Å². The molecule has 0 unspecified atom stereocenters. The van der Waals surface area contributed by atoms with E-state index in [9.17, 15) is 9.59 Å². The van der Waals surface area contributed by atoms with Gasteiger partial charge in [-0.3, -0.25) is 9.36 Å². The second-order valence-corrected chi connectivity index (χ2v) is 7.33. The van der Waals surface area contributed by atoms with Crippen molar-refractivity contribution in [2.75, 3.05) is 13.1 Å². The van der Waals surface area contributed by atoms with Crippen molar-refractivity contribution in [3.05, 3.63) is 16.3 Å². The zero-order chi connectivity index (χ0) is 16.6. The lowest BCUT2D eigenvalue weighted by atomic mass is 9.94. The quantitative estimate of drug-likeness (QED) is 0.856. The van der Waals surface area contributed by atoms with Crippen LogP contribution in [0.5, 0.6) is 0 Å². The fourth-order valence-electron chi connectivity index (χ4n) is 4.01. The molecular formula is C17H28N4O2. The molecule has 0 spiro atoms. The Morgan fingerprint density at radius 2 is 1.74 bits per heavy atom. The number of likely N-dealkylation sites (tertiary alicyclic amines) is 1. The summed E-state index contributed by atoms with van der Waals surface area (Å²) < 4.78 is 3.44. The summed E-state index contributed by atoms with van der Waals surface area (Å²) in [5.74, 6) is 1.53. The maximum atomic E-state index is 12.5. The summed E-state index contributed by atoms with van der Waals surface area (Å²) in [5, 5.41) is 4.55. The molecule has 1 aromatic rings. The molecule has 1 aromatic heterocycles. The Morgan fingerprint density at radius 1 is 1.13 bits per heavy atom.